The van der Waals surface area contributed by atoms with Gasteiger partial charge in [-0.3, -0.25) is 0 Å². The molecule has 2 nitrogen and oxygen atoms in total. The molecule has 1 aliphatic heterocycles. The van der Waals surface area contributed by atoms with Crippen molar-refractivity contribution in [3.05, 3.63) is 0 Å². The van der Waals surface area contributed by atoms with E-state index >= 15 is 0 Å². The van der Waals surface area contributed by atoms with Crippen LogP contribution in [0.1, 0.15) is 61.3 Å². The summed E-state index contributed by atoms with van der Waals surface area (Å²) in [6.07, 6.45) is 2.35. The topological polar surface area (TPSA) is 21.3 Å². The van der Waals surface area contributed by atoms with E-state index in [9.17, 15) is 0 Å². The molecule has 2 unspecified atom stereocenters. The van der Waals surface area contributed by atoms with Crippen molar-refractivity contribution in [3.63, 3.8) is 0 Å². The Balaban J connectivity index is 2.72. The molecule has 1 heterocycles. The highest BCUT2D eigenvalue weighted by molar-refractivity contribution is 7.99. The van der Waals surface area contributed by atoms with Gasteiger partial charge in [-0.05, 0) is 52.3 Å². The summed E-state index contributed by atoms with van der Waals surface area (Å²) >= 11 is 2.06. The van der Waals surface area contributed by atoms with E-state index in [4.69, 9.17) is 4.74 Å². The molecule has 0 aromatic heterocycles. The van der Waals surface area contributed by atoms with Crippen LogP contribution in [0.4, 0.5) is 0 Å². The Bertz CT molecular complexity index is 276. The van der Waals surface area contributed by atoms with Crippen LogP contribution in [-0.4, -0.2) is 34.8 Å². The molecule has 0 bridgehead atoms. The first-order chi connectivity index (χ1) is 8.68. The van der Waals surface area contributed by atoms with Crippen molar-refractivity contribution >= 4 is 11.8 Å². The minimum absolute atomic E-state index is 0.0167. The van der Waals surface area contributed by atoms with Crippen LogP contribution >= 0.6 is 11.8 Å². The lowest BCUT2D eigenvalue weighted by Gasteiger charge is -2.34. The Morgan fingerprint density at radius 2 is 1.89 bits per heavy atom. The second-order valence-electron chi connectivity index (χ2n) is 7.22. The zero-order valence-electron chi connectivity index (χ0n) is 13.9. The largest absolute Gasteiger partial charge is 0.369 e. The maximum atomic E-state index is 6.27. The van der Waals surface area contributed by atoms with Crippen LogP contribution in [0.2, 0.25) is 0 Å². The fraction of sp³-hybridized carbons (Fsp3) is 1.00. The van der Waals surface area contributed by atoms with Gasteiger partial charge in [-0.15, -0.1) is 0 Å². The average Bonchev–Trinajstić information content (AvgIpc) is 2.47. The lowest BCUT2D eigenvalue weighted by atomic mass is 9.82. The molecule has 0 saturated carbocycles. The van der Waals surface area contributed by atoms with Crippen LogP contribution in [0, 0.1) is 5.92 Å². The average molecular weight is 288 g/mol. The summed E-state index contributed by atoms with van der Waals surface area (Å²) in [5, 5.41) is 4.46. The molecule has 1 N–H and O–H groups in total. The fourth-order valence-electron chi connectivity index (χ4n) is 3.17. The first kappa shape index (κ1) is 17.3. The van der Waals surface area contributed by atoms with Gasteiger partial charge in [0.25, 0.3) is 0 Å². The standard InChI is InChI=1S/C16H33NOS/c1-8-9-17-14(11-19-12(2)3)13-10-15(4,5)18-16(13,6)7/h12-14,17H,8-11H2,1-7H3. The number of hydrogen-bond donors (Lipinski definition) is 1. The van der Waals surface area contributed by atoms with Gasteiger partial charge in [0.2, 0.25) is 0 Å². The van der Waals surface area contributed by atoms with Crippen molar-refractivity contribution in [1.29, 1.82) is 0 Å². The third-order valence-corrected chi connectivity index (χ3v) is 5.11. The molecule has 1 aliphatic rings. The predicted molar refractivity (Wildman–Crippen MR) is 87.0 cm³/mol. The Hall–Kier alpha value is 0.270. The number of ether oxygens (including phenoxy) is 1. The minimum atomic E-state index is -0.0214. The smallest absolute Gasteiger partial charge is 0.0678 e. The van der Waals surface area contributed by atoms with Crippen LogP contribution < -0.4 is 5.32 Å². The van der Waals surface area contributed by atoms with Gasteiger partial charge in [-0.1, -0.05) is 20.8 Å². The lowest BCUT2D eigenvalue weighted by Crippen LogP contribution is -2.46. The van der Waals surface area contributed by atoms with Gasteiger partial charge < -0.3 is 10.1 Å². The van der Waals surface area contributed by atoms with Crippen LogP contribution in [0.5, 0.6) is 0 Å². The Morgan fingerprint density at radius 1 is 1.26 bits per heavy atom. The maximum absolute atomic E-state index is 6.27. The fourth-order valence-corrected chi connectivity index (χ4v) is 4.12. The lowest BCUT2D eigenvalue weighted by molar-refractivity contribution is -0.0769. The van der Waals surface area contributed by atoms with Gasteiger partial charge in [0, 0.05) is 17.7 Å². The third-order valence-electron chi connectivity index (χ3n) is 3.90. The normalized spacial score (nSPS) is 26.8. The zero-order chi connectivity index (χ0) is 14.7. The van der Waals surface area contributed by atoms with Crippen molar-refractivity contribution in [2.24, 2.45) is 5.92 Å². The van der Waals surface area contributed by atoms with Crippen LogP contribution in [0.25, 0.3) is 0 Å². The molecule has 1 rings (SSSR count). The number of hydrogen-bond acceptors (Lipinski definition) is 3. The van der Waals surface area contributed by atoms with E-state index in [1.807, 2.05) is 0 Å². The van der Waals surface area contributed by atoms with Crippen molar-refractivity contribution in [2.75, 3.05) is 12.3 Å². The summed E-state index contributed by atoms with van der Waals surface area (Å²) in [7, 11) is 0. The second kappa shape index (κ2) is 6.82. The summed E-state index contributed by atoms with van der Waals surface area (Å²) in [5.74, 6) is 1.78. The summed E-state index contributed by atoms with van der Waals surface area (Å²) < 4.78 is 6.27. The van der Waals surface area contributed by atoms with Crippen LogP contribution in [0.15, 0.2) is 0 Å². The number of thioether (sulfide) groups is 1. The van der Waals surface area contributed by atoms with E-state index < -0.39 is 0 Å². The number of rotatable bonds is 7. The van der Waals surface area contributed by atoms with Gasteiger partial charge in [0.1, 0.15) is 0 Å². The molecule has 114 valence electrons. The Morgan fingerprint density at radius 3 is 2.32 bits per heavy atom. The van der Waals surface area contributed by atoms with E-state index in [0.29, 0.717) is 17.2 Å². The predicted octanol–water partition coefficient (Wildman–Crippen LogP) is 4.09. The Kier molecular flexibility index (Phi) is 6.22. The first-order valence-electron chi connectivity index (χ1n) is 7.73. The summed E-state index contributed by atoms with van der Waals surface area (Å²) in [4.78, 5) is 0. The quantitative estimate of drug-likeness (QED) is 0.762. The van der Waals surface area contributed by atoms with E-state index in [2.05, 4.69) is 65.5 Å². The van der Waals surface area contributed by atoms with Crippen molar-refractivity contribution in [1.82, 2.24) is 5.32 Å². The molecule has 0 aromatic carbocycles. The molecule has 19 heavy (non-hydrogen) atoms. The van der Waals surface area contributed by atoms with Crippen LogP contribution in [-0.2, 0) is 4.74 Å². The zero-order valence-corrected chi connectivity index (χ0v) is 14.7. The van der Waals surface area contributed by atoms with Gasteiger partial charge in [-0.2, -0.15) is 11.8 Å². The molecular weight excluding hydrogens is 254 g/mol. The maximum Gasteiger partial charge on any atom is 0.0678 e. The summed E-state index contributed by atoms with van der Waals surface area (Å²) in [6, 6.07) is 0.559. The molecule has 3 heteroatoms. The van der Waals surface area contributed by atoms with Crippen molar-refractivity contribution in [2.45, 2.75) is 83.8 Å². The highest BCUT2D eigenvalue weighted by Gasteiger charge is 2.48. The molecule has 0 aromatic rings. The molecule has 0 amide bonds. The van der Waals surface area contributed by atoms with Gasteiger partial charge in [-0.25, -0.2) is 0 Å². The second-order valence-corrected chi connectivity index (χ2v) is 8.83. The monoisotopic (exact) mass is 287 g/mol. The minimum Gasteiger partial charge on any atom is -0.369 e. The van der Waals surface area contributed by atoms with Crippen molar-refractivity contribution < 1.29 is 4.74 Å². The first-order valence-corrected chi connectivity index (χ1v) is 8.78. The summed E-state index contributed by atoms with van der Waals surface area (Å²) in [6.45, 7) is 16.9. The molecule has 0 radical (unpaired) electrons. The van der Waals surface area contributed by atoms with E-state index in [1.54, 1.807) is 0 Å². The van der Waals surface area contributed by atoms with Crippen molar-refractivity contribution in [3.8, 4) is 0 Å². The highest BCUT2D eigenvalue weighted by atomic mass is 32.2. The molecular formula is C16H33NOS. The molecule has 0 spiro atoms. The highest BCUT2D eigenvalue weighted by Crippen LogP contribution is 2.44. The van der Waals surface area contributed by atoms with E-state index in [-0.39, 0.29) is 11.2 Å². The summed E-state index contributed by atoms with van der Waals surface area (Å²) in [5.41, 5.74) is -0.00471. The third kappa shape index (κ3) is 5.28. The number of nitrogens with one attached hydrogen (secondary N) is 1. The van der Waals surface area contributed by atoms with Gasteiger partial charge in [0.05, 0.1) is 11.2 Å². The van der Waals surface area contributed by atoms with E-state index in [1.165, 1.54) is 12.2 Å². The van der Waals surface area contributed by atoms with E-state index in [0.717, 1.165) is 13.0 Å². The van der Waals surface area contributed by atoms with Gasteiger partial charge >= 0.3 is 0 Å². The Labute approximate surface area is 124 Å². The van der Waals surface area contributed by atoms with Gasteiger partial charge in [0.15, 0.2) is 0 Å². The molecule has 1 saturated heterocycles. The molecule has 2 atom stereocenters. The van der Waals surface area contributed by atoms with Crippen LogP contribution in [0.3, 0.4) is 0 Å². The molecule has 1 fully saturated rings. The SMILES string of the molecule is CCCNC(CSC(C)C)C1CC(C)(C)OC1(C)C. The molecule has 0 aliphatic carbocycles.